The highest BCUT2D eigenvalue weighted by Crippen LogP contribution is 2.62. The summed E-state index contributed by atoms with van der Waals surface area (Å²) in [5.74, 6) is 0.603. The first-order valence-corrected chi connectivity index (χ1v) is 19.1. The zero-order chi connectivity index (χ0) is 30.3. The number of alkyl halides is 2. The summed E-state index contributed by atoms with van der Waals surface area (Å²) in [5, 5.41) is 0. The van der Waals surface area contributed by atoms with Gasteiger partial charge in [0.15, 0.2) is 11.6 Å². The number of carbonyl (C=O) groups is 6. The minimum Gasteiger partial charge on any atom is -0.299 e. The van der Waals surface area contributed by atoms with E-state index in [0.29, 0.717) is 84.4 Å². The molecule has 9 rings (SSSR count). The Hall–Kier alpha value is -1.28. The standard InChI is InChI=1S/C36H40Br2O6/c37-31-19-11-27-28(12-20(19)32(31)38)36(44)26-10-16-8-24-23(7-15(16)9-25(26)35(27)43)33(41)21-5-13-3-17-18(30(40)2-1-29(17)39)4-14(13)6-22(21)34(24)42/h1-2,13-28,31-32H,3-12H2/t13?,14?,15?,16?,17?,18?,19?,20?,21?,22?,23?,24?,25?,26?,27?,28?,31-,32-/m1/s1. The fourth-order valence-electron chi connectivity index (χ4n) is 12.8. The first-order valence-electron chi connectivity index (χ1n) is 17.3. The third kappa shape index (κ3) is 3.94. The lowest BCUT2D eigenvalue weighted by atomic mass is 9.46. The lowest BCUT2D eigenvalue weighted by Crippen LogP contribution is -2.61. The normalized spacial score (nSPS) is 55.7. The Balaban J connectivity index is 0.936. The van der Waals surface area contributed by atoms with Gasteiger partial charge in [0.05, 0.1) is 0 Å². The Bertz CT molecular complexity index is 1310. The van der Waals surface area contributed by atoms with Crippen LogP contribution < -0.4 is 0 Å². The van der Waals surface area contributed by atoms with Crippen molar-refractivity contribution in [1.82, 2.24) is 0 Å². The molecular weight excluding hydrogens is 688 g/mol. The fraction of sp³-hybridized carbons (Fsp3) is 0.778. The molecular formula is C36H40Br2O6. The smallest absolute Gasteiger partial charge is 0.159 e. The molecule has 0 aromatic rings. The molecule has 8 heteroatoms. The van der Waals surface area contributed by atoms with E-state index in [1.54, 1.807) is 0 Å². The van der Waals surface area contributed by atoms with E-state index in [-0.39, 0.29) is 106 Å². The lowest BCUT2D eigenvalue weighted by molar-refractivity contribution is -0.164. The van der Waals surface area contributed by atoms with Gasteiger partial charge in [-0.1, -0.05) is 31.9 Å². The number of hydrogen-bond donors (Lipinski definition) is 0. The van der Waals surface area contributed by atoms with E-state index in [9.17, 15) is 28.8 Å². The molecule has 0 saturated heterocycles. The lowest BCUT2D eigenvalue weighted by Gasteiger charge is -2.58. The maximum absolute atomic E-state index is 14.2. The summed E-state index contributed by atoms with van der Waals surface area (Å²) in [7, 11) is 0. The van der Waals surface area contributed by atoms with Crippen LogP contribution in [0, 0.1) is 94.7 Å². The van der Waals surface area contributed by atoms with E-state index < -0.39 is 0 Å². The van der Waals surface area contributed by atoms with Crippen molar-refractivity contribution in [1.29, 1.82) is 0 Å². The number of carbonyl (C=O) groups excluding carboxylic acids is 6. The molecule has 0 spiro atoms. The molecule has 0 bridgehead atoms. The Labute approximate surface area is 274 Å². The Morgan fingerprint density at radius 3 is 0.864 bits per heavy atom. The van der Waals surface area contributed by atoms with E-state index in [1.807, 2.05) is 0 Å². The average molecular weight is 729 g/mol. The summed E-state index contributed by atoms with van der Waals surface area (Å²) >= 11 is 7.61. The summed E-state index contributed by atoms with van der Waals surface area (Å²) in [4.78, 5) is 82.4. The molecule has 0 heterocycles. The van der Waals surface area contributed by atoms with Crippen LogP contribution in [0.15, 0.2) is 12.2 Å². The van der Waals surface area contributed by atoms with Crippen molar-refractivity contribution in [2.24, 2.45) is 94.7 Å². The van der Waals surface area contributed by atoms with Gasteiger partial charge < -0.3 is 0 Å². The van der Waals surface area contributed by atoms with Crippen molar-refractivity contribution in [3.63, 3.8) is 0 Å². The van der Waals surface area contributed by atoms with Crippen molar-refractivity contribution in [2.75, 3.05) is 0 Å². The number of allylic oxidation sites excluding steroid dienone is 2. The highest BCUT2D eigenvalue weighted by atomic mass is 79.9. The molecule has 0 aromatic carbocycles. The molecule has 8 fully saturated rings. The maximum Gasteiger partial charge on any atom is 0.159 e. The Morgan fingerprint density at radius 2 is 0.591 bits per heavy atom. The summed E-state index contributed by atoms with van der Waals surface area (Å²) < 4.78 is 0. The molecule has 9 aliphatic rings. The van der Waals surface area contributed by atoms with Gasteiger partial charge in [-0.15, -0.1) is 0 Å². The number of rotatable bonds is 0. The third-order valence-electron chi connectivity index (χ3n) is 15.0. The van der Waals surface area contributed by atoms with Crippen LogP contribution in [0.25, 0.3) is 0 Å². The van der Waals surface area contributed by atoms with Gasteiger partial charge in [-0.2, -0.15) is 0 Å². The third-order valence-corrected chi connectivity index (χ3v) is 18.2. The Morgan fingerprint density at radius 1 is 0.364 bits per heavy atom. The van der Waals surface area contributed by atoms with Crippen LogP contribution in [0.3, 0.4) is 0 Å². The van der Waals surface area contributed by atoms with Crippen LogP contribution >= 0.6 is 31.9 Å². The average Bonchev–Trinajstić information content (AvgIpc) is 3.04. The monoisotopic (exact) mass is 726 g/mol. The molecule has 0 aromatic heterocycles. The quantitative estimate of drug-likeness (QED) is 0.311. The van der Waals surface area contributed by atoms with Gasteiger partial charge in [-0.25, -0.2) is 0 Å². The first kappa shape index (κ1) is 28.9. The van der Waals surface area contributed by atoms with E-state index in [2.05, 4.69) is 31.9 Å². The van der Waals surface area contributed by atoms with Gasteiger partial charge in [0, 0.05) is 68.8 Å². The predicted octanol–water partition coefficient (Wildman–Crippen LogP) is 5.37. The maximum atomic E-state index is 14.2. The van der Waals surface area contributed by atoms with Crippen molar-refractivity contribution in [3.05, 3.63) is 12.2 Å². The van der Waals surface area contributed by atoms with Gasteiger partial charge in [0.2, 0.25) is 0 Å². The van der Waals surface area contributed by atoms with Gasteiger partial charge in [-0.05, 0) is 112 Å². The highest BCUT2D eigenvalue weighted by Gasteiger charge is 2.63. The zero-order valence-electron chi connectivity index (χ0n) is 24.8. The minimum absolute atomic E-state index is 0.0392. The van der Waals surface area contributed by atoms with E-state index in [0.717, 1.165) is 12.8 Å². The van der Waals surface area contributed by atoms with E-state index in [4.69, 9.17) is 0 Å². The molecule has 0 N–H and O–H groups in total. The second-order valence-corrected chi connectivity index (χ2v) is 18.5. The van der Waals surface area contributed by atoms with Crippen LogP contribution in [-0.2, 0) is 28.8 Å². The van der Waals surface area contributed by atoms with E-state index >= 15 is 0 Å². The molecule has 0 amide bonds. The van der Waals surface area contributed by atoms with Gasteiger partial charge in [-0.3, -0.25) is 28.8 Å². The number of Topliss-reactive ketones (excluding diaryl/α,β-unsaturated/α-hetero) is 4. The molecule has 16 unspecified atom stereocenters. The van der Waals surface area contributed by atoms with Crippen molar-refractivity contribution < 1.29 is 28.8 Å². The van der Waals surface area contributed by atoms with Crippen LogP contribution in [0.5, 0.6) is 0 Å². The number of ketones is 6. The fourth-order valence-corrected chi connectivity index (χ4v) is 14.8. The molecule has 0 aliphatic heterocycles. The summed E-state index contributed by atoms with van der Waals surface area (Å²) in [6.45, 7) is 0. The van der Waals surface area contributed by atoms with E-state index in [1.165, 1.54) is 12.2 Å². The van der Waals surface area contributed by atoms with Crippen LogP contribution in [0.4, 0.5) is 0 Å². The van der Waals surface area contributed by atoms with Crippen molar-refractivity contribution in [2.45, 2.75) is 73.9 Å². The highest BCUT2D eigenvalue weighted by molar-refractivity contribution is 9.12. The predicted molar refractivity (Wildman–Crippen MR) is 167 cm³/mol. The van der Waals surface area contributed by atoms with Crippen LogP contribution in [0.2, 0.25) is 0 Å². The molecule has 8 saturated carbocycles. The largest absolute Gasteiger partial charge is 0.299 e. The molecule has 9 aliphatic carbocycles. The molecule has 6 nitrogen and oxygen atoms in total. The summed E-state index contributed by atoms with van der Waals surface area (Å²) in [6, 6.07) is 0. The minimum atomic E-state index is -0.272. The Kier molecular flexibility index (Phi) is 6.64. The van der Waals surface area contributed by atoms with Crippen LogP contribution in [-0.4, -0.2) is 44.4 Å². The SMILES string of the molecule is O=C1C=CC(=O)C2CC3CC4C(=O)C5CC6CC7C(=O)C8CC9C(CC8C(=O)C7CC6CC5C(=O)C4CC3CC12)[C@@H](Br)[C@@H]9Br. The van der Waals surface area contributed by atoms with Gasteiger partial charge >= 0.3 is 0 Å². The second kappa shape index (κ2) is 10.1. The second-order valence-electron chi connectivity index (χ2n) is 16.4. The topological polar surface area (TPSA) is 102 Å². The number of fused-ring (bicyclic) bond motifs is 8. The van der Waals surface area contributed by atoms with Crippen molar-refractivity contribution >= 4 is 66.6 Å². The molecule has 18 atom stereocenters. The molecule has 44 heavy (non-hydrogen) atoms. The van der Waals surface area contributed by atoms with Gasteiger partial charge in [0.25, 0.3) is 0 Å². The zero-order valence-corrected chi connectivity index (χ0v) is 28.0. The van der Waals surface area contributed by atoms with Crippen LogP contribution in [0.1, 0.15) is 64.2 Å². The van der Waals surface area contributed by atoms with Gasteiger partial charge in [0.1, 0.15) is 23.1 Å². The number of halogens is 2. The summed E-state index contributed by atoms with van der Waals surface area (Å²) in [6.07, 6.45) is 9.90. The number of hydrogen-bond acceptors (Lipinski definition) is 6. The first-order chi connectivity index (χ1) is 21.1. The van der Waals surface area contributed by atoms with Crippen molar-refractivity contribution in [3.8, 4) is 0 Å². The molecule has 0 radical (unpaired) electrons. The summed E-state index contributed by atoms with van der Waals surface area (Å²) in [5.41, 5.74) is 0. The molecule has 234 valence electrons.